The van der Waals surface area contributed by atoms with Crippen molar-refractivity contribution in [2.75, 3.05) is 13.4 Å². The van der Waals surface area contributed by atoms with Crippen LogP contribution in [-0.4, -0.2) is 90.0 Å². The Balaban J connectivity index is 1.84. The molecule has 42 heavy (non-hydrogen) atoms. The van der Waals surface area contributed by atoms with Crippen molar-refractivity contribution >= 4 is 40.0 Å². The Hall–Kier alpha value is -4.12. The predicted octanol–water partition coefficient (Wildman–Crippen LogP) is -0.0530. The number of nitrogens with one attached hydrogen (secondary N) is 2. The number of esters is 3. The van der Waals surface area contributed by atoms with Gasteiger partial charge >= 0.3 is 17.9 Å². The molecule has 0 amide bonds. The Morgan fingerprint density at radius 3 is 2.52 bits per heavy atom. The molecule has 4 heterocycles. The van der Waals surface area contributed by atoms with Crippen molar-refractivity contribution in [1.29, 1.82) is 5.41 Å². The lowest BCUT2D eigenvalue weighted by atomic mass is 9.95. The quantitative estimate of drug-likeness (QED) is 0.141. The van der Waals surface area contributed by atoms with Crippen LogP contribution in [0, 0.1) is 17.2 Å². The molecule has 3 aromatic heterocycles. The van der Waals surface area contributed by atoms with E-state index in [2.05, 4.69) is 15.0 Å². The van der Waals surface area contributed by atoms with Crippen molar-refractivity contribution in [2.24, 2.45) is 17.6 Å². The van der Waals surface area contributed by atoms with Crippen LogP contribution < -0.4 is 11.2 Å². The lowest BCUT2D eigenvalue weighted by Gasteiger charge is -2.31. The summed E-state index contributed by atoms with van der Waals surface area (Å²) in [5, 5.41) is 41.1. The summed E-state index contributed by atoms with van der Waals surface area (Å²) in [6.07, 6.45) is -2.86. The van der Waals surface area contributed by atoms with Gasteiger partial charge in [-0.2, -0.15) is 4.98 Å². The first kappa shape index (κ1) is 30.8. The van der Waals surface area contributed by atoms with Gasteiger partial charge in [-0.15, -0.1) is 0 Å². The van der Waals surface area contributed by atoms with Crippen LogP contribution in [0.4, 0.5) is 0 Å². The minimum absolute atomic E-state index is 0.0000383. The third-order valence-corrected chi connectivity index (χ3v) is 7.02. The summed E-state index contributed by atoms with van der Waals surface area (Å²) >= 11 is 0. The maximum atomic E-state index is 13.1. The summed E-state index contributed by atoms with van der Waals surface area (Å²) in [5.41, 5.74) is 3.16. The predicted molar refractivity (Wildman–Crippen MR) is 142 cm³/mol. The Labute approximate surface area is 238 Å². The number of hydrogen-bond acceptors (Lipinski definition) is 14. The molecule has 3 aromatic rings. The van der Waals surface area contributed by atoms with Gasteiger partial charge in [0.25, 0.3) is 0 Å². The molecule has 5 atom stereocenters. The highest BCUT2D eigenvalue weighted by Gasteiger charge is 2.57. The van der Waals surface area contributed by atoms with Gasteiger partial charge in [-0.3, -0.25) is 19.6 Å². The third kappa shape index (κ3) is 5.40. The molecule has 0 saturated carbocycles. The molecular formula is C26H34N6O10. The number of H-pyrrole nitrogens is 1. The summed E-state index contributed by atoms with van der Waals surface area (Å²) in [6, 6.07) is -0.0359. The largest absolute Gasteiger partial charge is 0.493 e. The van der Waals surface area contributed by atoms with Crippen molar-refractivity contribution < 1.29 is 48.7 Å². The topological polar surface area (TPSA) is 245 Å². The van der Waals surface area contributed by atoms with Crippen molar-refractivity contribution in [3.63, 3.8) is 0 Å². The van der Waals surface area contributed by atoms with E-state index in [1.807, 2.05) is 0 Å². The van der Waals surface area contributed by atoms with Crippen molar-refractivity contribution in [3.05, 3.63) is 23.4 Å². The number of ether oxygens (including phenoxy) is 4. The monoisotopic (exact) mass is 590 g/mol. The Morgan fingerprint density at radius 2 is 1.90 bits per heavy atom. The normalized spacial score (nSPS) is 23.0. The average Bonchev–Trinajstić information content (AvgIpc) is 3.27. The molecule has 0 spiro atoms. The van der Waals surface area contributed by atoms with Crippen molar-refractivity contribution in [3.8, 4) is 5.88 Å². The van der Waals surface area contributed by atoms with E-state index in [0.29, 0.717) is 0 Å². The van der Waals surface area contributed by atoms with Gasteiger partial charge in [0.05, 0.1) is 29.8 Å². The number of nitrogens with two attached hydrogens (primary N) is 1. The van der Waals surface area contributed by atoms with Gasteiger partial charge in [-0.25, -0.2) is 9.78 Å². The SMILES string of the molecule is CC(C)C(=O)OCOC(=O)c1cc(O)nc2[nH]cnc3c2c1c(=N)n3C1OC(CO)C(OC(=O)C(N)C(C)C)C1(C)O. The molecule has 228 valence electrons. The molecule has 4 rings (SSSR count). The first-order valence-electron chi connectivity index (χ1n) is 13.1. The van der Waals surface area contributed by atoms with Gasteiger partial charge in [0, 0.05) is 11.5 Å². The Morgan fingerprint density at radius 1 is 1.21 bits per heavy atom. The van der Waals surface area contributed by atoms with E-state index >= 15 is 0 Å². The van der Waals surface area contributed by atoms with Crippen LogP contribution in [0.3, 0.4) is 0 Å². The first-order chi connectivity index (χ1) is 19.7. The summed E-state index contributed by atoms with van der Waals surface area (Å²) in [4.78, 5) is 48.7. The van der Waals surface area contributed by atoms with E-state index in [0.717, 1.165) is 10.6 Å². The van der Waals surface area contributed by atoms with Gasteiger partial charge in [-0.05, 0) is 12.8 Å². The van der Waals surface area contributed by atoms with E-state index in [9.17, 15) is 29.7 Å². The lowest BCUT2D eigenvalue weighted by molar-refractivity contribution is -0.166. The smallest absolute Gasteiger partial charge is 0.341 e. The van der Waals surface area contributed by atoms with E-state index in [-0.39, 0.29) is 33.5 Å². The molecule has 7 N–H and O–H groups in total. The number of aromatic hydroxyl groups is 1. The Kier molecular flexibility index (Phi) is 8.54. The number of carbonyl (C=O) groups is 3. The molecular weight excluding hydrogens is 556 g/mol. The number of rotatable bonds is 9. The van der Waals surface area contributed by atoms with E-state index in [1.54, 1.807) is 27.7 Å². The van der Waals surface area contributed by atoms with Gasteiger partial charge in [0.2, 0.25) is 12.7 Å². The number of nitrogens with zero attached hydrogens (tertiary/aromatic N) is 3. The summed E-state index contributed by atoms with van der Waals surface area (Å²) < 4.78 is 22.6. The van der Waals surface area contributed by atoms with Crippen molar-refractivity contribution in [1.82, 2.24) is 19.5 Å². The standard InChI is InChI=1S/C26H34N6O10/c1-10(2)17(27)24(37)42-18-13(7-33)41-25(26(18,5)38)32-19(28)15-12(23(36)40-9-39-22(35)11(3)4)6-14(34)31-20-16(15)21(32)30-8-29-20/h6,8,10-11,13,17-18,25,28,33-34,38H,7,9,27H2,1-5H3,(H,29,30,31). The van der Waals surface area contributed by atoms with Crippen LogP contribution in [0.2, 0.25) is 0 Å². The van der Waals surface area contributed by atoms with Gasteiger partial charge in [0.15, 0.2) is 12.3 Å². The maximum Gasteiger partial charge on any atom is 0.341 e. The zero-order valence-corrected chi connectivity index (χ0v) is 23.7. The molecule has 0 aliphatic carbocycles. The first-order valence-corrected chi connectivity index (χ1v) is 13.1. The molecule has 1 aliphatic heterocycles. The molecule has 0 aromatic carbocycles. The third-order valence-electron chi connectivity index (χ3n) is 7.02. The molecule has 16 nitrogen and oxygen atoms in total. The summed E-state index contributed by atoms with van der Waals surface area (Å²) in [5.74, 6) is -3.81. The molecule has 16 heteroatoms. The van der Waals surface area contributed by atoms with Gasteiger partial charge < -0.3 is 45.0 Å². The van der Waals surface area contributed by atoms with Crippen molar-refractivity contribution in [2.45, 2.75) is 64.7 Å². The van der Waals surface area contributed by atoms with E-state index in [1.165, 1.54) is 13.3 Å². The molecule has 0 bridgehead atoms. The number of aromatic nitrogens is 4. The highest BCUT2D eigenvalue weighted by Crippen LogP contribution is 2.41. The molecule has 1 fully saturated rings. The molecule has 1 saturated heterocycles. The van der Waals surface area contributed by atoms with Crippen LogP contribution in [0.1, 0.15) is 51.2 Å². The molecule has 1 aliphatic rings. The molecule has 0 radical (unpaired) electrons. The fraction of sp³-hybridized carbons (Fsp3) is 0.538. The number of hydrogen-bond donors (Lipinski definition) is 6. The van der Waals surface area contributed by atoms with Crippen LogP contribution in [0.5, 0.6) is 5.88 Å². The lowest BCUT2D eigenvalue weighted by Crippen LogP contribution is -2.50. The highest BCUT2D eigenvalue weighted by molar-refractivity contribution is 6.13. The summed E-state index contributed by atoms with van der Waals surface area (Å²) in [7, 11) is 0. The van der Waals surface area contributed by atoms with Crippen LogP contribution in [0.15, 0.2) is 12.4 Å². The second-order valence-corrected chi connectivity index (χ2v) is 10.8. The number of aliphatic hydroxyl groups excluding tert-OH is 1. The Bertz CT molecular complexity index is 1580. The van der Waals surface area contributed by atoms with Gasteiger partial charge in [0.1, 0.15) is 34.5 Å². The minimum Gasteiger partial charge on any atom is -0.493 e. The van der Waals surface area contributed by atoms with Gasteiger partial charge in [-0.1, -0.05) is 27.7 Å². The summed E-state index contributed by atoms with van der Waals surface area (Å²) in [6.45, 7) is 6.56. The zero-order chi connectivity index (χ0) is 31.1. The van der Waals surface area contributed by atoms with Crippen LogP contribution in [-0.2, 0) is 28.5 Å². The van der Waals surface area contributed by atoms with E-state index < -0.39 is 78.7 Å². The van der Waals surface area contributed by atoms with Crippen LogP contribution >= 0.6 is 0 Å². The number of carbonyl (C=O) groups excluding carboxylic acids is 3. The molecule has 5 unspecified atom stereocenters. The second-order valence-electron chi connectivity index (χ2n) is 10.8. The minimum atomic E-state index is -2.04. The van der Waals surface area contributed by atoms with E-state index in [4.69, 9.17) is 30.1 Å². The number of aliphatic hydroxyl groups is 2. The average molecular weight is 591 g/mol. The second kappa shape index (κ2) is 11.6. The maximum absolute atomic E-state index is 13.1. The fourth-order valence-corrected chi connectivity index (χ4v) is 4.65. The van der Waals surface area contributed by atoms with Crippen LogP contribution in [0.25, 0.3) is 22.1 Å². The number of aromatic amines is 1. The zero-order valence-electron chi connectivity index (χ0n) is 23.7. The fourth-order valence-electron chi connectivity index (χ4n) is 4.65. The highest BCUT2D eigenvalue weighted by atomic mass is 16.7.